The second kappa shape index (κ2) is 6.72. The molecule has 0 saturated carbocycles. The molecule has 0 fully saturated rings. The summed E-state index contributed by atoms with van der Waals surface area (Å²) in [4.78, 5) is 13.3. The predicted molar refractivity (Wildman–Crippen MR) is 85.9 cm³/mol. The Kier molecular flexibility index (Phi) is 4.96. The molecule has 0 atom stereocenters. The third kappa shape index (κ3) is 4.04. The molecule has 3 nitrogen and oxygen atoms in total. The summed E-state index contributed by atoms with van der Waals surface area (Å²) in [6, 6.07) is 11.8. The molecule has 1 amide bonds. The van der Waals surface area contributed by atoms with E-state index in [1.165, 1.54) is 17.0 Å². The summed E-state index contributed by atoms with van der Waals surface area (Å²) < 4.78 is 14.1. The van der Waals surface area contributed by atoms with Gasteiger partial charge < -0.3 is 10.2 Å². The van der Waals surface area contributed by atoms with Crippen molar-refractivity contribution in [1.82, 2.24) is 4.90 Å². The lowest BCUT2D eigenvalue weighted by Crippen LogP contribution is -2.21. The smallest absolute Gasteiger partial charge is 0.253 e. The van der Waals surface area contributed by atoms with Gasteiger partial charge in [0.1, 0.15) is 5.82 Å². The summed E-state index contributed by atoms with van der Waals surface area (Å²) in [5.74, 6) is -0.295. The van der Waals surface area contributed by atoms with Gasteiger partial charge in [-0.2, -0.15) is 0 Å². The van der Waals surface area contributed by atoms with Crippen LogP contribution in [0.25, 0.3) is 0 Å². The van der Waals surface area contributed by atoms with Crippen molar-refractivity contribution in [2.24, 2.45) is 0 Å². The van der Waals surface area contributed by atoms with E-state index >= 15 is 0 Å². The standard InChI is InChI=1S/C16H16BrFN2O/c1-20(2)16(21)11-3-6-14(7-4-11)19-10-12-9-13(18)5-8-15(12)17/h3-9,19H,10H2,1-2H3. The number of carbonyl (C=O) groups is 1. The number of amides is 1. The number of hydrogen-bond acceptors (Lipinski definition) is 2. The monoisotopic (exact) mass is 350 g/mol. The van der Waals surface area contributed by atoms with E-state index in [1.807, 2.05) is 12.1 Å². The molecular formula is C16H16BrFN2O. The number of halogens is 2. The first-order chi connectivity index (χ1) is 9.97. The van der Waals surface area contributed by atoms with Gasteiger partial charge in [0.25, 0.3) is 5.91 Å². The van der Waals surface area contributed by atoms with E-state index in [2.05, 4.69) is 21.2 Å². The first kappa shape index (κ1) is 15.5. The van der Waals surface area contributed by atoms with Crippen LogP contribution in [0.3, 0.4) is 0 Å². The zero-order valence-electron chi connectivity index (χ0n) is 11.9. The van der Waals surface area contributed by atoms with Gasteiger partial charge in [-0.15, -0.1) is 0 Å². The quantitative estimate of drug-likeness (QED) is 0.906. The highest BCUT2D eigenvalue weighted by Crippen LogP contribution is 2.19. The number of carbonyl (C=O) groups excluding carboxylic acids is 1. The van der Waals surface area contributed by atoms with Gasteiger partial charge in [0.2, 0.25) is 0 Å². The molecular weight excluding hydrogens is 335 g/mol. The van der Waals surface area contributed by atoms with Gasteiger partial charge in [-0.25, -0.2) is 4.39 Å². The van der Waals surface area contributed by atoms with Crippen LogP contribution in [0.5, 0.6) is 0 Å². The van der Waals surface area contributed by atoms with Crippen LogP contribution < -0.4 is 5.32 Å². The van der Waals surface area contributed by atoms with Crippen LogP contribution in [-0.4, -0.2) is 24.9 Å². The fraction of sp³-hybridized carbons (Fsp3) is 0.188. The average molecular weight is 351 g/mol. The van der Waals surface area contributed by atoms with E-state index in [0.29, 0.717) is 12.1 Å². The number of anilines is 1. The molecule has 2 aromatic rings. The number of nitrogens with one attached hydrogen (secondary N) is 1. The van der Waals surface area contributed by atoms with Gasteiger partial charge >= 0.3 is 0 Å². The molecule has 5 heteroatoms. The first-order valence-corrected chi connectivity index (χ1v) is 7.26. The van der Waals surface area contributed by atoms with Gasteiger partial charge in [-0.05, 0) is 48.0 Å². The maximum Gasteiger partial charge on any atom is 0.253 e. The molecule has 0 aliphatic rings. The predicted octanol–water partition coefficient (Wildman–Crippen LogP) is 3.90. The second-order valence-electron chi connectivity index (χ2n) is 4.87. The lowest BCUT2D eigenvalue weighted by molar-refractivity contribution is 0.0827. The minimum absolute atomic E-state index is 0.0329. The van der Waals surface area contributed by atoms with Crippen LogP contribution in [0.15, 0.2) is 46.9 Å². The molecule has 21 heavy (non-hydrogen) atoms. The van der Waals surface area contributed by atoms with Crippen molar-refractivity contribution in [3.63, 3.8) is 0 Å². The minimum atomic E-state index is -0.262. The SMILES string of the molecule is CN(C)C(=O)c1ccc(NCc2cc(F)ccc2Br)cc1. The maximum atomic E-state index is 13.2. The average Bonchev–Trinajstić information content (AvgIpc) is 2.48. The third-order valence-electron chi connectivity index (χ3n) is 3.03. The Hall–Kier alpha value is -1.88. The zero-order chi connectivity index (χ0) is 15.4. The Morgan fingerprint density at radius 3 is 2.48 bits per heavy atom. The largest absolute Gasteiger partial charge is 0.381 e. The van der Waals surface area contributed by atoms with Crippen molar-refractivity contribution in [2.75, 3.05) is 19.4 Å². The summed E-state index contributed by atoms with van der Waals surface area (Å²) >= 11 is 3.39. The molecule has 0 saturated heterocycles. The molecule has 0 bridgehead atoms. The van der Waals surface area contributed by atoms with E-state index < -0.39 is 0 Å². The fourth-order valence-corrected chi connectivity index (χ4v) is 2.25. The molecule has 110 valence electrons. The highest BCUT2D eigenvalue weighted by Gasteiger charge is 2.07. The maximum absolute atomic E-state index is 13.2. The van der Waals surface area contributed by atoms with Gasteiger partial charge in [0, 0.05) is 36.4 Å². The minimum Gasteiger partial charge on any atom is -0.381 e. The molecule has 0 aromatic heterocycles. The van der Waals surface area contributed by atoms with E-state index in [-0.39, 0.29) is 11.7 Å². The summed E-state index contributed by atoms with van der Waals surface area (Å²) in [6.07, 6.45) is 0. The molecule has 0 spiro atoms. The van der Waals surface area contributed by atoms with Crippen LogP contribution in [0.2, 0.25) is 0 Å². The van der Waals surface area contributed by atoms with Crippen molar-refractivity contribution in [3.05, 3.63) is 63.9 Å². The molecule has 2 rings (SSSR count). The molecule has 0 aliphatic heterocycles. The third-order valence-corrected chi connectivity index (χ3v) is 3.80. The van der Waals surface area contributed by atoms with E-state index in [9.17, 15) is 9.18 Å². The van der Waals surface area contributed by atoms with Crippen molar-refractivity contribution in [2.45, 2.75) is 6.54 Å². The highest BCUT2D eigenvalue weighted by molar-refractivity contribution is 9.10. The highest BCUT2D eigenvalue weighted by atomic mass is 79.9. The number of rotatable bonds is 4. The van der Waals surface area contributed by atoms with E-state index in [4.69, 9.17) is 0 Å². The molecule has 2 aromatic carbocycles. The van der Waals surface area contributed by atoms with Crippen LogP contribution in [-0.2, 0) is 6.54 Å². The van der Waals surface area contributed by atoms with Gasteiger partial charge in [-0.3, -0.25) is 4.79 Å². The first-order valence-electron chi connectivity index (χ1n) is 6.47. The zero-order valence-corrected chi connectivity index (χ0v) is 13.4. The van der Waals surface area contributed by atoms with Gasteiger partial charge in [0.05, 0.1) is 0 Å². The lowest BCUT2D eigenvalue weighted by Gasteiger charge is -2.12. The molecule has 0 unspecified atom stereocenters. The number of nitrogens with zero attached hydrogens (tertiary/aromatic N) is 1. The molecule has 1 N–H and O–H groups in total. The van der Waals surface area contributed by atoms with Crippen LogP contribution in [0.1, 0.15) is 15.9 Å². The second-order valence-corrected chi connectivity index (χ2v) is 5.72. The van der Waals surface area contributed by atoms with Crippen molar-refractivity contribution in [3.8, 4) is 0 Å². The van der Waals surface area contributed by atoms with Crippen molar-refractivity contribution < 1.29 is 9.18 Å². The van der Waals surface area contributed by atoms with Crippen molar-refractivity contribution >= 4 is 27.5 Å². The lowest BCUT2D eigenvalue weighted by atomic mass is 10.1. The number of hydrogen-bond donors (Lipinski definition) is 1. The Bertz CT molecular complexity index is 641. The summed E-state index contributed by atoms with van der Waals surface area (Å²) in [5.41, 5.74) is 2.35. The summed E-state index contributed by atoms with van der Waals surface area (Å²) in [7, 11) is 3.44. The Balaban J connectivity index is 2.04. The van der Waals surface area contributed by atoms with E-state index in [1.54, 1.807) is 32.3 Å². The summed E-state index contributed by atoms with van der Waals surface area (Å²) in [6.45, 7) is 0.499. The Morgan fingerprint density at radius 1 is 1.19 bits per heavy atom. The van der Waals surface area contributed by atoms with Crippen LogP contribution in [0.4, 0.5) is 10.1 Å². The van der Waals surface area contributed by atoms with Crippen LogP contribution >= 0.6 is 15.9 Å². The molecule has 0 radical (unpaired) electrons. The van der Waals surface area contributed by atoms with Crippen molar-refractivity contribution in [1.29, 1.82) is 0 Å². The topological polar surface area (TPSA) is 32.3 Å². The van der Waals surface area contributed by atoms with Gasteiger partial charge in [0.15, 0.2) is 0 Å². The Labute approximate surface area is 131 Å². The summed E-state index contributed by atoms with van der Waals surface area (Å²) in [5, 5.41) is 3.20. The van der Waals surface area contributed by atoms with Crippen LogP contribution in [0, 0.1) is 5.82 Å². The van der Waals surface area contributed by atoms with E-state index in [0.717, 1.165) is 15.7 Å². The normalized spacial score (nSPS) is 10.3. The Morgan fingerprint density at radius 2 is 1.86 bits per heavy atom. The van der Waals surface area contributed by atoms with Gasteiger partial charge in [-0.1, -0.05) is 15.9 Å². The fourth-order valence-electron chi connectivity index (χ4n) is 1.86. The molecule has 0 heterocycles. The molecule has 0 aliphatic carbocycles. The number of benzene rings is 2.